The summed E-state index contributed by atoms with van der Waals surface area (Å²) in [5.41, 5.74) is 3.53. The van der Waals surface area contributed by atoms with E-state index in [0.29, 0.717) is 5.92 Å². The summed E-state index contributed by atoms with van der Waals surface area (Å²) in [6.07, 6.45) is 5.65. The van der Waals surface area contributed by atoms with E-state index in [1.54, 1.807) is 12.1 Å². The lowest BCUT2D eigenvalue weighted by Crippen LogP contribution is -2.06. The SMILES string of the molecule is C=C/C(=C\N=C(C)C(C)C)CC.CC.CCc1ccc(C(C)(F)F)cc1. The van der Waals surface area contributed by atoms with Crippen LogP contribution in [0.15, 0.2) is 53.7 Å². The van der Waals surface area contributed by atoms with Gasteiger partial charge in [0.15, 0.2) is 0 Å². The lowest BCUT2D eigenvalue weighted by atomic mass is 10.1. The topological polar surface area (TPSA) is 12.4 Å². The van der Waals surface area contributed by atoms with Crippen LogP contribution in [0.1, 0.15) is 72.9 Å². The Labute approximate surface area is 159 Å². The summed E-state index contributed by atoms with van der Waals surface area (Å²) in [7, 11) is 0. The molecule has 0 unspecified atom stereocenters. The van der Waals surface area contributed by atoms with Crippen molar-refractivity contribution in [2.75, 3.05) is 0 Å². The van der Waals surface area contributed by atoms with E-state index in [4.69, 9.17) is 0 Å². The van der Waals surface area contributed by atoms with Crippen LogP contribution in [0.5, 0.6) is 0 Å². The highest BCUT2D eigenvalue weighted by Crippen LogP contribution is 2.26. The smallest absolute Gasteiger partial charge is 0.265 e. The third-order valence-corrected chi connectivity index (χ3v) is 3.81. The van der Waals surface area contributed by atoms with Crippen LogP contribution in [0.25, 0.3) is 0 Å². The summed E-state index contributed by atoms with van der Waals surface area (Å²) in [4.78, 5) is 4.35. The molecular weight excluding hydrogens is 328 g/mol. The first kappa shape index (κ1) is 26.5. The molecule has 0 aliphatic rings. The summed E-state index contributed by atoms with van der Waals surface area (Å²) in [5, 5.41) is 0. The van der Waals surface area contributed by atoms with Crippen molar-refractivity contribution in [3.8, 4) is 0 Å². The van der Waals surface area contributed by atoms with E-state index in [1.165, 1.54) is 23.4 Å². The molecule has 0 aliphatic heterocycles. The van der Waals surface area contributed by atoms with Gasteiger partial charge in [0.05, 0.1) is 0 Å². The average molecular weight is 366 g/mol. The number of aliphatic imine (C=N–C) groups is 1. The molecule has 1 aromatic carbocycles. The minimum Gasteiger partial charge on any atom is -0.265 e. The number of alkyl halides is 2. The molecule has 0 saturated carbocycles. The van der Waals surface area contributed by atoms with E-state index in [0.717, 1.165) is 25.3 Å². The van der Waals surface area contributed by atoms with Crippen LogP contribution in [-0.2, 0) is 12.3 Å². The van der Waals surface area contributed by atoms with Gasteiger partial charge in [-0.05, 0) is 36.8 Å². The number of aryl methyl sites for hydroxylation is 1. The zero-order valence-corrected chi connectivity index (χ0v) is 17.9. The van der Waals surface area contributed by atoms with E-state index in [1.807, 2.05) is 33.0 Å². The number of benzene rings is 1. The van der Waals surface area contributed by atoms with E-state index >= 15 is 0 Å². The molecule has 1 nitrogen and oxygen atoms in total. The molecule has 0 atom stereocenters. The molecule has 1 rings (SSSR count). The molecule has 0 heterocycles. The fraction of sp³-hybridized carbons (Fsp3) is 0.522. The Bertz CT molecular complexity index is 547. The molecule has 0 bridgehead atoms. The second-order valence-electron chi connectivity index (χ2n) is 6.13. The monoisotopic (exact) mass is 365 g/mol. The van der Waals surface area contributed by atoms with Crippen molar-refractivity contribution < 1.29 is 8.78 Å². The third-order valence-electron chi connectivity index (χ3n) is 3.81. The van der Waals surface area contributed by atoms with Crippen LogP contribution in [-0.4, -0.2) is 5.71 Å². The number of hydrogen-bond acceptors (Lipinski definition) is 1. The Hall–Kier alpha value is -1.77. The van der Waals surface area contributed by atoms with Crippen molar-refractivity contribution in [3.63, 3.8) is 0 Å². The molecule has 148 valence electrons. The largest absolute Gasteiger partial charge is 0.270 e. The Morgan fingerprint density at radius 1 is 1.15 bits per heavy atom. The predicted octanol–water partition coefficient (Wildman–Crippen LogP) is 7.97. The second kappa shape index (κ2) is 14.4. The first-order chi connectivity index (χ1) is 12.1. The van der Waals surface area contributed by atoms with Gasteiger partial charge in [-0.1, -0.05) is 78.5 Å². The summed E-state index contributed by atoms with van der Waals surface area (Å²) in [6, 6.07) is 6.46. The van der Waals surface area contributed by atoms with Crippen LogP contribution >= 0.6 is 0 Å². The Morgan fingerprint density at radius 3 is 1.96 bits per heavy atom. The summed E-state index contributed by atoms with van der Waals surface area (Å²) >= 11 is 0. The van der Waals surface area contributed by atoms with Gasteiger partial charge in [0, 0.05) is 24.4 Å². The van der Waals surface area contributed by atoms with Gasteiger partial charge >= 0.3 is 0 Å². The quantitative estimate of drug-likeness (QED) is 0.358. The van der Waals surface area contributed by atoms with E-state index in [2.05, 4.69) is 39.3 Å². The number of halogens is 2. The van der Waals surface area contributed by atoms with Crippen molar-refractivity contribution in [2.24, 2.45) is 10.9 Å². The molecule has 0 aromatic heterocycles. The van der Waals surface area contributed by atoms with Gasteiger partial charge in [-0.2, -0.15) is 0 Å². The fourth-order valence-corrected chi connectivity index (χ4v) is 1.66. The van der Waals surface area contributed by atoms with Crippen molar-refractivity contribution in [2.45, 2.75) is 74.2 Å². The maximum atomic E-state index is 12.7. The fourth-order valence-electron chi connectivity index (χ4n) is 1.66. The van der Waals surface area contributed by atoms with E-state index in [9.17, 15) is 8.78 Å². The molecular formula is C23H37F2N. The molecule has 1 aromatic rings. The molecule has 0 fully saturated rings. The number of nitrogens with zero attached hydrogens (tertiary/aromatic N) is 1. The van der Waals surface area contributed by atoms with E-state index < -0.39 is 5.92 Å². The van der Waals surface area contributed by atoms with E-state index in [-0.39, 0.29) is 5.56 Å². The average Bonchev–Trinajstić information content (AvgIpc) is 2.63. The molecule has 0 spiro atoms. The maximum absolute atomic E-state index is 12.7. The highest BCUT2D eigenvalue weighted by Gasteiger charge is 2.23. The standard InChI is InChI=1S/C11H19N.C10H12F2.C2H6/c1-6-11(7-2)8-12-10(5)9(3)4;1-3-8-4-6-9(7-5-8)10(2,11)12;1-2/h6,8-9H,1,7H2,2-5H3;4-7H,3H2,1-2H3;1-2H3/b11-8+,12-10?;;. The van der Waals surface area contributed by atoms with Gasteiger partial charge in [0.2, 0.25) is 0 Å². The van der Waals surface area contributed by atoms with Crippen molar-refractivity contribution in [1.29, 1.82) is 0 Å². The molecule has 0 aliphatic carbocycles. The van der Waals surface area contributed by atoms with Gasteiger partial charge in [0.25, 0.3) is 5.92 Å². The molecule has 0 amide bonds. The Kier molecular flexibility index (Phi) is 14.7. The third kappa shape index (κ3) is 11.7. The van der Waals surface area contributed by atoms with Crippen LogP contribution in [0.4, 0.5) is 8.78 Å². The minimum atomic E-state index is -2.72. The van der Waals surface area contributed by atoms with Crippen molar-refractivity contribution in [1.82, 2.24) is 0 Å². The van der Waals surface area contributed by atoms with Gasteiger partial charge in [0.1, 0.15) is 0 Å². The van der Waals surface area contributed by atoms with Gasteiger partial charge < -0.3 is 0 Å². The lowest BCUT2D eigenvalue weighted by Gasteiger charge is -2.10. The summed E-state index contributed by atoms with van der Waals surface area (Å²) in [6.45, 7) is 19.1. The van der Waals surface area contributed by atoms with Gasteiger partial charge in [-0.3, -0.25) is 4.99 Å². The minimum absolute atomic E-state index is 0.0831. The number of hydrogen-bond donors (Lipinski definition) is 0. The van der Waals surface area contributed by atoms with Crippen LogP contribution in [0, 0.1) is 5.92 Å². The van der Waals surface area contributed by atoms with Crippen molar-refractivity contribution >= 4 is 5.71 Å². The zero-order valence-electron chi connectivity index (χ0n) is 17.9. The predicted molar refractivity (Wildman–Crippen MR) is 113 cm³/mol. The molecule has 0 N–H and O–H groups in total. The molecule has 3 heteroatoms. The Morgan fingerprint density at radius 2 is 1.65 bits per heavy atom. The number of rotatable bonds is 6. The first-order valence-electron chi connectivity index (χ1n) is 9.48. The number of allylic oxidation sites excluding steroid dienone is 2. The van der Waals surface area contributed by atoms with Gasteiger partial charge in [-0.15, -0.1) is 0 Å². The zero-order chi connectivity index (χ0) is 20.8. The molecule has 0 saturated heterocycles. The molecule has 0 radical (unpaired) electrons. The summed E-state index contributed by atoms with van der Waals surface area (Å²) in [5.74, 6) is -2.18. The van der Waals surface area contributed by atoms with Gasteiger partial charge in [-0.25, -0.2) is 8.78 Å². The normalized spacial score (nSPS) is 12.0. The van der Waals surface area contributed by atoms with Crippen LogP contribution < -0.4 is 0 Å². The highest BCUT2D eigenvalue weighted by atomic mass is 19.3. The molecule has 26 heavy (non-hydrogen) atoms. The van der Waals surface area contributed by atoms with Crippen LogP contribution in [0.3, 0.4) is 0 Å². The Balaban J connectivity index is 0. The maximum Gasteiger partial charge on any atom is 0.270 e. The van der Waals surface area contributed by atoms with Crippen molar-refractivity contribution in [3.05, 3.63) is 59.8 Å². The summed E-state index contributed by atoms with van der Waals surface area (Å²) < 4.78 is 25.4. The highest BCUT2D eigenvalue weighted by molar-refractivity contribution is 5.84. The second-order valence-corrected chi connectivity index (χ2v) is 6.13. The first-order valence-corrected chi connectivity index (χ1v) is 9.48. The van der Waals surface area contributed by atoms with Crippen LogP contribution in [0.2, 0.25) is 0 Å². The lowest BCUT2D eigenvalue weighted by molar-refractivity contribution is 0.0174.